The van der Waals surface area contributed by atoms with Gasteiger partial charge in [-0.05, 0) is 37.8 Å². The highest BCUT2D eigenvalue weighted by Crippen LogP contribution is 2.23. The maximum absolute atomic E-state index is 4.29. The highest BCUT2D eigenvalue weighted by molar-refractivity contribution is 5.43. The molecule has 12 heavy (non-hydrogen) atoms. The van der Waals surface area contributed by atoms with Gasteiger partial charge < -0.3 is 5.32 Å². The fourth-order valence-corrected chi connectivity index (χ4v) is 1.38. The summed E-state index contributed by atoms with van der Waals surface area (Å²) in [4.78, 5) is 4.29. The predicted molar refractivity (Wildman–Crippen MR) is 50.2 cm³/mol. The zero-order valence-electron chi connectivity index (χ0n) is 7.38. The summed E-state index contributed by atoms with van der Waals surface area (Å²) in [6, 6.07) is 4.74. The van der Waals surface area contributed by atoms with E-state index in [1.807, 2.05) is 12.3 Å². The second kappa shape index (κ2) is 3.13. The van der Waals surface area contributed by atoms with Gasteiger partial charge in [0.05, 0.1) is 0 Å². The Morgan fingerprint density at radius 3 is 2.92 bits per heavy atom. The molecule has 0 amide bonds. The zero-order valence-corrected chi connectivity index (χ0v) is 7.38. The molecule has 2 nitrogen and oxygen atoms in total. The summed E-state index contributed by atoms with van der Waals surface area (Å²) in [7, 11) is 0. The highest BCUT2D eigenvalue weighted by Gasteiger charge is 2.17. The molecule has 1 saturated carbocycles. The van der Waals surface area contributed by atoms with Crippen molar-refractivity contribution in [2.75, 3.05) is 5.32 Å². The van der Waals surface area contributed by atoms with E-state index in [1.165, 1.54) is 24.8 Å². The maximum atomic E-state index is 4.29. The lowest BCUT2D eigenvalue weighted by atomic mass is 9.93. The average molecular weight is 162 g/mol. The molecule has 1 aliphatic rings. The minimum atomic E-state index is 0.679. The quantitative estimate of drug-likeness (QED) is 0.722. The van der Waals surface area contributed by atoms with Crippen LogP contribution in [-0.4, -0.2) is 11.0 Å². The minimum Gasteiger partial charge on any atom is -0.367 e. The van der Waals surface area contributed by atoms with Crippen LogP contribution < -0.4 is 5.32 Å². The van der Waals surface area contributed by atoms with E-state index < -0.39 is 0 Å². The van der Waals surface area contributed by atoms with Gasteiger partial charge in [-0.3, -0.25) is 0 Å². The Morgan fingerprint density at radius 2 is 2.33 bits per heavy atom. The highest BCUT2D eigenvalue weighted by atomic mass is 15.0. The number of hydrogen-bond donors (Lipinski definition) is 1. The molecule has 1 aromatic heterocycles. The van der Waals surface area contributed by atoms with E-state index >= 15 is 0 Å². The first-order chi connectivity index (χ1) is 5.86. The summed E-state index contributed by atoms with van der Waals surface area (Å²) < 4.78 is 0. The lowest BCUT2D eigenvalue weighted by Crippen LogP contribution is -2.27. The van der Waals surface area contributed by atoms with Crippen molar-refractivity contribution < 1.29 is 0 Å². The number of nitrogens with one attached hydrogen (secondary N) is 1. The molecule has 0 unspecified atom stereocenters. The van der Waals surface area contributed by atoms with Crippen LogP contribution in [0.2, 0.25) is 0 Å². The van der Waals surface area contributed by atoms with Crippen molar-refractivity contribution in [1.29, 1.82) is 0 Å². The molecule has 2 heteroatoms. The maximum Gasteiger partial charge on any atom is 0.129 e. The van der Waals surface area contributed by atoms with Gasteiger partial charge in [0.1, 0.15) is 5.82 Å². The van der Waals surface area contributed by atoms with Gasteiger partial charge in [0.25, 0.3) is 0 Å². The van der Waals surface area contributed by atoms with E-state index in [0.717, 1.165) is 5.82 Å². The van der Waals surface area contributed by atoms with Crippen molar-refractivity contribution in [1.82, 2.24) is 4.98 Å². The van der Waals surface area contributed by atoms with E-state index in [4.69, 9.17) is 0 Å². The van der Waals surface area contributed by atoms with Crippen LogP contribution >= 0.6 is 0 Å². The van der Waals surface area contributed by atoms with Crippen LogP contribution in [0.5, 0.6) is 0 Å². The lowest BCUT2D eigenvalue weighted by molar-refractivity contribution is 0.444. The van der Waals surface area contributed by atoms with Gasteiger partial charge in [-0.15, -0.1) is 0 Å². The number of anilines is 1. The van der Waals surface area contributed by atoms with Gasteiger partial charge in [0.2, 0.25) is 0 Å². The molecule has 0 bridgehead atoms. The molecule has 0 atom stereocenters. The van der Waals surface area contributed by atoms with Gasteiger partial charge in [0, 0.05) is 12.2 Å². The molecule has 1 N–H and O–H groups in total. The molecule has 64 valence electrons. The van der Waals surface area contributed by atoms with E-state index in [0.29, 0.717) is 6.04 Å². The number of rotatable bonds is 2. The molecular formula is C10H14N2. The summed E-state index contributed by atoms with van der Waals surface area (Å²) in [5, 5.41) is 3.44. The van der Waals surface area contributed by atoms with E-state index in [9.17, 15) is 0 Å². The topological polar surface area (TPSA) is 24.9 Å². The summed E-state index contributed by atoms with van der Waals surface area (Å²) in [5.41, 5.74) is 1.24. The molecule has 2 rings (SSSR count). The van der Waals surface area contributed by atoms with Crippen molar-refractivity contribution in [2.45, 2.75) is 32.2 Å². The standard InChI is InChI=1S/C10H14N2/c1-8-4-3-7-11-10(8)12-9-5-2-6-9/h3-4,7,9H,2,5-6H2,1H3,(H,11,12). The van der Waals surface area contributed by atoms with Crippen LogP contribution in [0.4, 0.5) is 5.82 Å². The first-order valence-electron chi connectivity index (χ1n) is 4.54. The summed E-state index contributed by atoms with van der Waals surface area (Å²) in [6.45, 7) is 2.09. The number of aryl methyl sites for hydroxylation is 1. The Bertz CT molecular complexity index is 266. The SMILES string of the molecule is Cc1cccnc1NC1CCC1. The fourth-order valence-electron chi connectivity index (χ4n) is 1.38. The molecule has 1 heterocycles. The van der Waals surface area contributed by atoms with Gasteiger partial charge in [-0.2, -0.15) is 0 Å². The third kappa shape index (κ3) is 1.42. The second-order valence-electron chi connectivity index (χ2n) is 3.44. The molecule has 0 spiro atoms. The molecular weight excluding hydrogens is 148 g/mol. The van der Waals surface area contributed by atoms with Crippen molar-refractivity contribution in [3.05, 3.63) is 23.9 Å². The second-order valence-corrected chi connectivity index (χ2v) is 3.44. The van der Waals surface area contributed by atoms with Gasteiger partial charge in [-0.25, -0.2) is 4.98 Å². The number of nitrogens with zero attached hydrogens (tertiary/aromatic N) is 1. The summed E-state index contributed by atoms with van der Waals surface area (Å²) in [5.74, 6) is 1.06. The number of pyridine rings is 1. The van der Waals surface area contributed by atoms with Crippen molar-refractivity contribution in [3.63, 3.8) is 0 Å². The van der Waals surface area contributed by atoms with Crippen LogP contribution in [0.15, 0.2) is 18.3 Å². The largest absolute Gasteiger partial charge is 0.367 e. The third-order valence-corrected chi connectivity index (χ3v) is 2.46. The normalized spacial score (nSPS) is 17.1. The van der Waals surface area contributed by atoms with E-state index in [-0.39, 0.29) is 0 Å². The van der Waals surface area contributed by atoms with Crippen LogP contribution in [-0.2, 0) is 0 Å². The van der Waals surface area contributed by atoms with Crippen LogP contribution in [0, 0.1) is 6.92 Å². The van der Waals surface area contributed by atoms with Crippen LogP contribution in [0.1, 0.15) is 24.8 Å². The molecule has 0 radical (unpaired) electrons. The number of aromatic nitrogens is 1. The first-order valence-corrected chi connectivity index (χ1v) is 4.54. The smallest absolute Gasteiger partial charge is 0.129 e. The summed E-state index contributed by atoms with van der Waals surface area (Å²) >= 11 is 0. The molecule has 1 aromatic rings. The van der Waals surface area contributed by atoms with Gasteiger partial charge in [-0.1, -0.05) is 6.07 Å². The average Bonchev–Trinajstić information content (AvgIpc) is 2.00. The fraction of sp³-hybridized carbons (Fsp3) is 0.500. The molecule has 0 saturated heterocycles. The summed E-state index contributed by atoms with van der Waals surface area (Å²) in [6.07, 6.45) is 5.81. The van der Waals surface area contributed by atoms with Crippen molar-refractivity contribution >= 4 is 5.82 Å². The van der Waals surface area contributed by atoms with Crippen molar-refractivity contribution in [2.24, 2.45) is 0 Å². The predicted octanol–water partition coefficient (Wildman–Crippen LogP) is 2.35. The number of hydrogen-bond acceptors (Lipinski definition) is 2. The van der Waals surface area contributed by atoms with E-state index in [1.54, 1.807) is 0 Å². The first kappa shape index (κ1) is 7.59. The minimum absolute atomic E-state index is 0.679. The Morgan fingerprint density at radius 1 is 1.50 bits per heavy atom. The zero-order chi connectivity index (χ0) is 8.39. The van der Waals surface area contributed by atoms with Crippen LogP contribution in [0.3, 0.4) is 0 Å². The lowest BCUT2D eigenvalue weighted by Gasteiger charge is -2.27. The Balaban J connectivity index is 2.06. The van der Waals surface area contributed by atoms with Gasteiger partial charge >= 0.3 is 0 Å². The van der Waals surface area contributed by atoms with Crippen LogP contribution in [0.25, 0.3) is 0 Å². The Hall–Kier alpha value is -1.05. The Labute approximate surface area is 73.0 Å². The Kier molecular flexibility index (Phi) is 1.98. The third-order valence-electron chi connectivity index (χ3n) is 2.46. The molecule has 0 aliphatic heterocycles. The monoisotopic (exact) mass is 162 g/mol. The van der Waals surface area contributed by atoms with Crippen molar-refractivity contribution in [3.8, 4) is 0 Å². The molecule has 1 aliphatic carbocycles. The van der Waals surface area contributed by atoms with Gasteiger partial charge in [0.15, 0.2) is 0 Å². The molecule has 0 aromatic carbocycles. The van der Waals surface area contributed by atoms with E-state index in [2.05, 4.69) is 23.3 Å². The molecule has 1 fully saturated rings.